The minimum Gasteiger partial charge on any atom is -0.177 e. The molecule has 0 aromatic carbocycles. The lowest BCUT2D eigenvalue weighted by molar-refractivity contribution is 0.534. The van der Waals surface area contributed by atoms with Crippen LogP contribution in [-0.4, -0.2) is 21.7 Å². The van der Waals surface area contributed by atoms with Crippen molar-refractivity contribution >= 4 is 38.7 Å². The third-order valence-corrected chi connectivity index (χ3v) is 4.35. The van der Waals surface area contributed by atoms with Gasteiger partial charge in [0.25, 0.3) is 0 Å². The number of halogens is 1. The average Bonchev–Trinajstić information content (AvgIpc) is 2.39. The van der Waals surface area contributed by atoms with E-state index in [-0.39, 0.29) is 17.0 Å². The van der Waals surface area contributed by atoms with Crippen molar-refractivity contribution in [1.29, 1.82) is 0 Å². The summed E-state index contributed by atoms with van der Waals surface area (Å²) in [5.41, 5.74) is 0. The molecular formula is C17H36BrMg. The molecule has 0 nitrogen and oxygen atoms in total. The van der Waals surface area contributed by atoms with E-state index in [1.54, 1.807) is 0 Å². The first-order chi connectivity index (χ1) is 8.91. The molecule has 19 heavy (non-hydrogen) atoms. The second-order valence-electron chi connectivity index (χ2n) is 5.80. The van der Waals surface area contributed by atoms with E-state index in [0.717, 1.165) is 0 Å². The monoisotopic (exact) mass is 343 g/mol. The van der Waals surface area contributed by atoms with Crippen molar-refractivity contribution in [3.63, 3.8) is 0 Å². The van der Waals surface area contributed by atoms with Crippen LogP contribution in [0.5, 0.6) is 0 Å². The van der Waals surface area contributed by atoms with Crippen LogP contribution in [0.4, 0.5) is 0 Å². The SMILES string of the molecule is Br.CCCCCCCCCCCCCCCC[CH2][Mg]. The zero-order valence-corrected chi connectivity index (χ0v) is 16.6. The molecule has 0 rings (SSSR count). The standard InChI is InChI=1S/C17H35.BrH.Mg/c1-3-5-7-9-11-13-15-17-16-14-12-10-8-6-4-2;;/h1,3-17H2,2H3;1H;. The molecule has 0 atom stereocenters. The highest BCUT2D eigenvalue weighted by atomic mass is 79.9. The van der Waals surface area contributed by atoms with E-state index >= 15 is 0 Å². The Kier molecular flexibility index (Phi) is 25.5. The van der Waals surface area contributed by atoms with Crippen LogP contribution in [0.1, 0.15) is 103 Å². The summed E-state index contributed by atoms with van der Waals surface area (Å²) in [6, 6.07) is 0. The second kappa shape index (κ2) is 21.5. The molecule has 0 heterocycles. The first-order valence-electron chi connectivity index (χ1n) is 8.71. The van der Waals surface area contributed by atoms with Crippen molar-refractivity contribution in [2.45, 2.75) is 108 Å². The van der Waals surface area contributed by atoms with E-state index in [1.807, 2.05) is 0 Å². The number of hydrogen-bond acceptors (Lipinski definition) is 0. The van der Waals surface area contributed by atoms with Gasteiger partial charge in [-0.1, -0.05) is 103 Å². The zero-order valence-electron chi connectivity index (χ0n) is 13.4. The topological polar surface area (TPSA) is 0 Å². The largest absolute Gasteiger partial charge is 0.222 e. The van der Waals surface area contributed by atoms with Crippen LogP contribution >= 0.6 is 17.0 Å². The zero-order chi connectivity index (χ0) is 13.3. The Hall–Kier alpha value is 1.25. The number of hydrogen-bond donors (Lipinski definition) is 0. The van der Waals surface area contributed by atoms with Crippen LogP contribution in [0, 0.1) is 0 Å². The molecule has 0 bridgehead atoms. The summed E-state index contributed by atoms with van der Waals surface area (Å²) in [4.78, 5) is 0. The second-order valence-corrected chi connectivity index (χ2v) is 6.51. The fourth-order valence-corrected chi connectivity index (χ4v) is 2.90. The lowest BCUT2D eigenvalue weighted by Gasteiger charge is -2.03. The Morgan fingerprint density at radius 2 is 0.737 bits per heavy atom. The maximum absolute atomic E-state index is 2.29. The summed E-state index contributed by atoms with van der Waals surface area (Å²) >= 11 is 2.12. The summed E-state index contributed by atoms with van der Waals surface area (Å²) < 4.78 is 1.40. The van der Waals surface area contributed by atoms with E-state index < -0.39 is 0 Å². The molecule has 0 spiro atoms. The van der Waals surface area contributed by atoms with Gasteiger partial charge in [-0.15, -0.1) is 17.0 Å². The third-order valence-electron chi connectivity index (χ3n) is 3.85. The van der Waals surface area contributed by atoms with Gasteiger partial charge in [0.2, 0.25) is 21.7 Å². The van der Waals surface area contributed by atoms with Gasteiger partial charge < -0.3 is 0 Å². The van der Waals surface area contributed by atoms with Gasteiger partial charge in [-0.25, -0.2) is 0 Å². The molecule has 0 N–H and O–H groups in total. The van der Waals surface area contributed by atoms with Gasteiger partial charge in [0.15, 0.2) is 0 Å². The molecule has 0 fully saturated rings. The Labute approximate surface area is 146 Å². The number of rotatable bonds is 15. The van der Waals surface area contributed by atoms with Crippen molar-refractivity contribution in [1.82, 2.24) is 0 Å². The molecule has 0 amide bonds. The highest BCUT2D eigenvalue weighted by Crippen LogP contribution is 2.13. The molecule has 2 heteroatoms. The molecule has 0 aliphatic carbocycles. The average molecular weight is 345 g/mol. The van der Waals surface area contributed by atoms with Gasteiger partial charge in [-0.3, -0.25) is 0 Å². The summed E-state index contributed by atoms with van der Waals surface area (Å²) in [5.74, 6) is 0. The van der Waals surface area contributed by atoms with Crippen molar-refractivity contribution < 1.29 is 0 Å². The lowest BCUT2D eigenvalue weighted by Crippen LogP contribution is -1.83. The highest BCUT2D eigenvalue weighted by Gasteiger charge is 1.93. The molecule has 0 aliphatic heterocycles. The van der Waals surface area contributed by atoms with E-state index in [0.29, 0.717) is 0 Å². The summed E-state index contributed by atoms with van der Waals surface area (Å²) in [5, 5.41) is 0. The van der Waals surface area contributed by atoms with Gasteiger partial charge in [0.05, 0.1) is 0 Å². The Balaban J connectivity index is 0. The Bertz CT molecular complexity index is 123. The predicted octanol–water partition coefficient (Wildman–Crippen LogP) is 7.02. The lowest BCUT2D eigenvalue weighted by atomic mass is 10.0. The fraction of sp³-hybridized carbons (Fsp3) is 1.00. The van der Waals surface area contributed by atoms with Gasteiger partial charge >= 0.3 is 0 Å². The van der Waals surface area contributed by atoms with E-state index in [1.165, 1.54) is 101 Å². The molecule has 0 unspecified atom stereocenters. The van der Waals surface area contributed by atoms with Crippen LogP contribution in [0.15, 0.2) is 0 Å². The van der Waals surface area contributed by atoms with Gasteiger partial charge in [-0.05, 0) is 0 Å². The number of unbranched alkanes of at least 4 members (excludes halogenated alkanes) is 14. The first kappa shape index (κ1) is 22.5. The molecule has 0 aliphatic rings. The third kappa shape index (κ3) is 21.7. The maximum atomic E-state index is 2.29. The van der Waals surface area contributed by atoms with E-state index in [9.17, 15) is 0 Å². The van der Waals surface area contributed by atoms with Crippen LogP contribution in [-0.2, 0) is 0 Å². The van der Waals surface area contributed by atoms with Gasteiger partial charge in [0, 0.05) is 0 Å². The van der Waals surface area contributed by atoms with Crippen molar-refractivity contribution in [3.05, 3.63) is 0 Å². The minimum atomic E-state index is 0. The minimum absolute atomic E-state index is 0. The van der Waals surface area contributed by atoms with Crippen LogP contribution in [0.25, 0.3) is 0 Å². The predicted molar refractivity (Wildman–Crippen MR) is 95.8 cm³/mol. The van der Waals surface area contributed by atoms with E-state index in [2.05, 4.69) is 28.6 Å². The Morgan fingerprint density at radius 3 is 1.00 bits per heavy atom. The molecule has 1 radical (unpaired) electrons. The quantitative estimate of drug-likeness (QED) is 0.221. The first-order valence-corrected chi connectivity index (χ1v) is 9.71. The van der Waals surface area contributed by atoms with E-state index in [4.69, 9.17) is 0 Å². The molecule has 113 valence electrons. The summed E-state index contributed by atoms with van der Waals surface area (Å²) in [6.07, 6.45) is 22.1. The van der Waals surface area contributed by atoms with Crippen LogP contribution in [0.2, 0.25) is 4.55 Å². The van der Waals surface area contributed by atoms with Crippen LogP contribution in [0.3, 0.4) is 0 Å². The van der Waals surface area contributed by atoms with Crippen molar-refractivity contribution in [2.24, 2.45) is 0 Å². The summed E-state index contributed by atoms with van der Waals surface area (Å²) in [6.45, 7) is 2.29. The van der Waals surface area contributed by atoms with Gasteiger partial charge in [0.1, 0.15) is 0 Å². The normalized spacial score (nSPS) is 10.3. The Morgan fingerprint density at radius 1 is 0.474 bits per heavy atom. The molecule has 0 saturated heterocycles. The summed E-state index contributed by atoms with van der Waals surface area (Å²) in [7, 11) is 0. The van der Waals surface area contributed by atoms with Crippen molar-refractivity contribution in [3.8, 4) is 0 Å². The van der Waals surface area contributed by atoms with Crippen LogP contribution < -0.4 is 0 Å². The van der Waals surface area contributed by atoms with Crippen molar-refractivity contribution in [2.75, 3.05) is 0 Å². The maximum Gasteiger partial charge on any atom is 0.222 e. The smallest absolute Gasteiger partial charge is 0.177 e. The molecule has 0 aromatic heterocycles. The molecular weight excluding hydrogens is 308 g/mol. The highest BCUT2D eigenvalue weighted by molar-refractivity contribution is 8.93. The molecule has 0 saturated carbocycles. The van der Waals surface area contributed by atoms with Gasteiger partial charge in [-0.2, -0.15) is 4.55 Å². The molecule has 0 aromatic rings. The fourth-order valence-electron chi connectivity index (χ4n) is 2.55.